The second kappa shape index (κ2) is 8.79. The molecular weight excluding hydrogens is 278 g/mol. The molecule has 1 aromatic rings. The number of hydrogen-bond acceptors (Lipinski definition) is 3. The van der Waals surface area contributed by atoms with Crippen molar-refractivity contribution in [1.29, 1.82) is 0 Å². The van der Waals surface area contributed by atoms with Crippen LogP contribution in [-0.4, -0.2) is 25.2 Å². The lowest BCUT2D eigenvalue weighted by atomic mass is 10.1. The number of ether oxygens (including phenoxy) is 2. The summed E-state index contributed by atoms with van der Waals surface area (Å²) >= 11 is 0. The van der Waals surface area contributed by atoms with Gasteiger partial charge in [-0.1, -0.05) is 19.8 Å². The minimum atomic E-state index is 0.00619. The highest BCUT2D eigenvalue weighted by atomic mass is 16.5. The number of hydrogen-bond donors (Lipinski definition) is 1. The molecule has 1 aliphatic rings. The first-order valence-corrected chi connectivity index (χ1v) is 8.39. The lowest BCUT2D eigenvalue weighted by Gasteiger charge is -2.15. The molecule has 4 heteroatoms. The molecule has 22 heavy (non-hydrogen) atoms. The Morgan fingerprint density at radius 2 is 2.05 bits per heavy atom. The van der Waals surface area contributed by atoms with Crippen LogP contribution in [0.2, 0.25) is 0 Å². The monoisotopic (exact) mass is 305 g/mol. The van der Waals surface area contributed by atoms with E-state index in [-0.39, 0.29) is 5.91 Å². The molecule has 0 atom stereocenters. The molecule has 1 N–H and O–H groups in total. The largest absolute Gasteiger partial charge is 0.494 e. The van der Waals surface area contributed by atoms with Gasteiger partial charge in [-0.05, 0) is 44.4 Å². The van der Waals surface area contributed by atoms with Crippen molar-refractivity contribution < 1.29 is 14.3 Å². The van der Waals surface area contributed by atoms with Crippen LogP contribution in [-0.2, 0) is 11.3 Å². The fraction of sp³-hybridized carbons (Fsp3) is 0.611. The summed E-state index contributed by atoms with van der Waals surface area (Å²) in [5.74, 6) is 0.808. The minimum Gasteiger partial charge on any atom is -0.494 e. The molecule has 1 amide bonds. The van der Waals surface area contributed by atoms with Crippen LogP contribution in [0.25, 0.3) is 0 Å². The predicted molar refractivity (Wildman–Crippen MR) is 87.3 cm³/mol. The maximum atomic E-state index is 12.4. The van der Waals surface area contributed by atoms with E-state index in [1.807, 2.05) is 25.1 Å². The average molecular weight is 305 g/mol. The molecular formula is C18H27NO3. The van der Waals surface area contributed by atoms with Crippen LogP contribution in [0.3, 0.4) is 0 Å². The summed E-state index contributed by atoms with van der Waals surface area (Å²) in [4.78, 5) is 12.4. The highest BCUT2D eigenvalue weighted by Crippen LogP contribution is 2.23. The van der Waals surface area contributed by atoms with Crippen molar-refractivity contribution in [2.24, 2.45) is 0 Å². The predicted octanol–water partition coefficient (Wildman–Crippen LogP) is 3.68. The number of nitrogens with one attached hydrogen (secondary N) is 1. The quantitative estimate of drug-likeness (QED) is 0.745. The van der Waals surface area contributed by atoms with Crippen molar-refractivity contribution in [3.63, 3.8) is 0 Å². The molecule has 0 unspecified atom stereocenters. The Labute approximate surface area is 133 Å². The third-order valence-electron chi connectivity index (χ3n) is 3.92. The van der Waals surface area contributed by atoms with Gasteiger partial charge in [-0.3, -0.25) is 4.79 Å². The molecule has 0 aromatic heterocycles. The lowest BCUT2D eigenvalue weighted by Crippen LogP contribution is -2.32. The second-order valence-corrected chi connectivity index (χ2v) is 5.76. The van der Waals surface area contributed by atoms with E-state index in [0.29, 0.717) is 31.4 Å². The number of amides is 1. The fourth-order valence-electron chi connectivity index (χ4n) is 2.80. The van der Waals surface area contributed by atoms with Crippen LogP contribution in [0.15, 0.2) is 18.2 Å². The van der Waals surface area contributed by atoms with Gasteiger partial charge in [0, 0.05) is 23.8 Å². The summed E-state index contributed by atoms with van der Waals surface area (Å²) in [5.41, 5.74) is 1.62. The van der Waals surface area contributed by atoms with Crippen LogP contribution < -0.4 is 10.1 Å². The molecule has 0 heterocycles. The van der Waals surface area contributed by atoms with E-state index < -0.39 is 0 Å². The Morgan fingerprint density at radius 1 is 1.27 bits per heavy atom. The normalized spacial score (nSPS) is 15.0. The molecule has 0 spiro atoms. The summed E-state index contributed by atoms with van der Waals surface area (Å²) in [6, 6.07) is 5.93. The highest BCUT2D eigenvalue weighted by molar-refractivity contribution is 5.94. The molecule has 0 saturated heterocycles. The first kappa shape index (κ1) is 16.8. The zero-order valence-corrected chi connectivity index (χ0v) is 13.7. The Kier molecular flexibility index (Phi) is 6.72. The van der Waals surface area contributed by atoms with Crippen molar-refractivity contribution in [1.82, 2.24) is 5.32 Å². The number of benzene rings is 1. The molecule has 1 aromatic carbocycles. The lowest BCUT2D eigenvalue weighted by molar-refractivity contribution is 0.0937. The third-order valence-corrected chi connectivity index (χ3v) is 3.92. The molecule has 2 rings (SSSR count). The molecule has 4 nitrogen and oxygen atoms in total. The van der Waals surface area contributed by atoms with Gasteiger partial charge in [0.2, 0.25) is 0 Å². The summed E-state index contributed by atoms with van der Waals surface area (Å²) in [6.45, 7) is 5.83. The molecule has 1 fully saturated rings. The van der Waals surface area contributed by atoms with Crippen LogP contribution >= 0.6 is 0 Å². The van der Waals surface area contributed by atoms with E-state index in [2.05, 4.69) is 12.2 Å². The summed E-state index contributed by atoms with van der Waals surface area (Å²) in [6.07, 6.45) is 5.59. The summed E-state index contributed by atoms with van der Waals surface area (Å²) in [5, 5.41) is 3.12. The number of carbonyl (C=O) groups excluding carboxylic acids is 1. The molecule has 0 aliphatic heterocycles. The van der Waals surface area contributed by atoms with E-state index in [9.17, 15) is 4.79 Å². The van der Waals surface area contributed by atoms with Gasteiger partial charge in [0.05, 0.1) is 13.2 Å². The van der Waals surface area contributed by atoms with Gasteiger partial charge >= 0.3 is 0 Å². The summed E-state index contributed by atoms with van der Waals surface area (Å²) in [7, 11) is 0. The molecule has 1 aliphatic carbocycles. The molecule has 0 radical (unpaired) electrons. The van der Waals surface area contributed by atoms with Crippen LogP contribution in [0.4, 0.5) is 0 Å². The van der Waals surface area contributed by atoms with Gasteiger partial charge in [-0.2, -0.15) is 0 Å². The maximum Gasteiger partial charge on any atom is 0.251 e. The second-order valence-electron chi connectivity index (χ2n) is 5.76. The topological polar surface area (TPSA) is 47.6 Å². The van der Waals surface area contributed by atoms with Crippen molar-refractivity contribution >= 4 is 5.91 Å². The molecule has 122 valence electrons. The van der Waals surface area contributed by atoms with Crippen LogP contribution in [0.5, 0.6) is 5.75 Å². The smallest absolute Gasteiger partial charge is 0.251 e. The Bertz CT molecular complexity index is 481. The zero-order valence-electron chi connectivity index (χ0n) is 13.7. The SMILES string of the molecule is CCCOCc1cc(C(=O)NC2CCCC2)ccc1OCC. The Balaban J connectivity index is 2.06. The molecule has 0 bridgehead atoms. The number of carbonyl (C=O) groups is 1. The van der Waals surface area contributed by atoms with Gasteiger partial charge in [0.15, 0.2) is 0 Å². The first-order chi connectivity index (χ1) is 10.7. The van der Waals surface area contributed by atoms with E-state index in [1.54, 1.807) is 0 Å². The van der Waals surface area contributed by atoms with Gasteiger partial charge in [0.25, 0.3) is 5.91 Å². The maximum absolute atomic E-state index is 12.4. The van der Waals surface area contributed by atoms with Gasteiger partial charge in [-0.15, -0.1) is 0 Å². The van der Waals surface area contributed by atoms with Crippen LogP contribution in [0, 0.1) is 0 Å². The van der Waals surface area contributed by atoms with Crippen LogP contribution in [0.1, 0.15) is 61.9 Å². The van der Waals surface area contributed by atoms with E-state index in [0.717, 1.165) is 30.6 Å². The van der Waals surface area contributed by atoms with Gasteiger partial charge in [-0.25, -0.2) is 0 Å². The Morgan fingerprint density at radius 3 is 2.73 bits per heavy atom. The minimum absolute atomic E-state index is 0.00619. The average Bonchev–Trinajstić information content (AvgIpc) is 3.02. The van der Waals surface area contributed by atoms with Crippen molar-refractivity contribution in [2.75, 3.05) is 13.2 Å². The van der Waals surface area contributed by atoms with Gasteiger partial charge < -0.3 is 14.8 Å². The number of rotatable bonds is 8. The van der Waals surface area contributed by atoms with E-state index >= 15 is 0 Å². The highest BCUT2D eigenvalue weighted by Gasteiger charge is 2.18. The summed E-state index contributed by atoms with van der Waals surface area (Å²) < 4.78 is 11.2. The van der Waals surface area contributed by atoms with Crippen molar-refractivity contribution in [2.45, 2.75) is 58.6 Å². The standard InChI is InChI=1S/C18H27NO3/c1-3-11-21-13-15-12-14(9-10-17(15)22-4-2)18(20)19-16-7-5-6-8-16/h9-10,12,16H,3-8,11,13H2,1-2H3,(H,19,20). The van der Waals surface area contributed by atoms with Crippen molar-refractivity contribution in [3.05, 3.63) is 29.3 Å². The third kappa shape index (κ3) is 4.73. The first-order valence-electron chi connectivity index (χ1n) is 8.39. The zero-order chi connectivity index (χ0) is 15.8. The van der Waals surface area contributed by atoms with E-state index in [4.69, 9.17) is 9.47 Å². The molecule has 1 saturated carbocycles. The fourth-order valence-corrected chi connectivity index (χ4v) is 2.80. The van der Waals surface area contributed by atoms with E-state index in [1.165, 1.54) is 12.8 Å². The Hall–Kier alpha value is -1.55. The van der Waals surface area contributed by atoms with Gasteiger partial charge in [0.1, 0.15) is 5.75 Å². The van der Waals surface area contributed by atoms with Crippen molar-refractivity contribution in [3.8, 4) is 5.75 Å².